The molecule has 3 heterocycles. The molecule has 0 atom stereocenters. The van der Waals surface area contributed by atoms with Crippen LogP contribution in [0.25, 0.3) is 21.5 Å². The summed E-state index contributed by atoms with van der Waals surface area (Å²) < 4.78 is 6.67. The minimum atomic E-state index is 0.622. The highest BCUT2D eigenvalue weighted by Gasteiger charge is 2.13. The Bertz CT molecular complexity index is 977. The van der Waals surface area contributed by atoms with Gasteiger partial charge < -0.3 is 9.42 Å². The second kappa shape index (κ2) is 6.05. The van der Waals surface area contributed by atoms with E-state index in [-0.39, 0.29) is 0 Å². The largest absolute Gasteiger partial charge is 0.359 e. The van der Waals surface area contributed by atoms with E-state index < -0.39 is 0 Å². The molecule has 0 radical (unpaired) electrons. The summed E-state index contributed by atoms with van der Waals surface area (Å²) in [5.74, 6) is 0.805. The maximum atomic E-state index is 5.47. The fraction of sp³-hybridized carbons (Fsp3) is 0.167. The number of hydrogen-bond donors (Lipinski definition) is 0. The lowest BCUT2D eigenvalue weighted by atomic mass is 10.2. The van der Waals surface area contributed by atoms with Gasteiger partial charge in [0.05, 0.1) is 16.8 Å². The number of aryl methyl sites for hydroxylation is 1. The first-order valence-corrected chi connectivity index (χ1v) is 8.45. The summed E-state index contributed by atoms with van der Waals surface area (Å²) in [7, 11) is 2.01. The molecule has 0 fully saturated rings. The lowest BCUT2D eigenvalue weighted by molar-refractivity contribution is 0.385. The average molecular weight is 336 g/mol. The first-order valence-electron chi connectivity index (χ1n) is 7.63. The molecule has 4 aromatic rings. The van der Waals surface area contributed by atoms with E-state index in [9.17, 15) is 0 Å². The molecular weight excluding hydrogens is 320 g/mol. The van der Waals surface area contributed by atoms with E-state index in [1.54, 1.807) is 23.7 Å². The number of rotatable bonds is 4. The van der Waals surface area contributed by atoms with Gasteiger partial charge in [0.25, 0.3) is 0 Å². The van der Waals surface area contributed by atoms with E-state index >= 15 is 0 Å². The fourth-order valence-corrected chi connectivity index (χ4v) is 3.55. The van der Waals surface area contributed by atoms with Crippen LogP contribution in [-0.4, -0.2) is 22.2 Å². The van der Waals surface area contributed by atoms with Crippen LogP contribution in [0.5, 0.6) is 0 Å². The van der Waals surface area contributed by atoms with Crippen LogP contribution in [0.3, 0.4) is 0 Å². The van der Waals surface area contributed by atoms with Gasteiger partial charge in [0.2, 0.25) is 0 Å². The molecule has 3 aromatic heterocycles. The minimum absolute atomic E-state index is 0.622. The molecule has 0 bridgehead atoms. The van der Waals surface area contributed by atoms with Gasteiger partial charge in [-0.25, -0.2) is 4.98 Å². The van der Waals surface area contributed by atoms with Crippen LogP contribution in [-0.2, 0) is 6.54 Å². The van der Waals surface area contributed by atoms with Gasteiger partial charge in [-0.1, -0.05) is 22.6 Å². The topological polar surface area (TPSA) is 55.1 Å². The molecule has 0 saturated heterocycles. The highest BCUT2D eigenvalue weighted by atomic mass is 32.1. The smallest absolute Gasteiger partial charge is 0.186 e. The molecule has 0 N–H and O–H groups in total. The minimum Gasteiger partial charge on any atom is -0.359 e. The molecule has 6 heteroatoms. The van der Waals surface area contributed by atoms with Crippen molar-refractivity contribution in [2.24, 2.45) is 0 Å². The summed E-state index contributed by atoms with van der Waals surface area (Å²) in [6.45, 7) is 2.72. The maximum Gasteiger partial charge on any atom is 0.186 e. The summed E-state index contributed by atoms with van der Waals surface area (Å²) in [6, 6.07) is 12.1. The molecule has 0 aliphatic rings. The lowest BCUT2D eigenvalue weighted by Gasteiger charge is -2.12. The van der Waals surface area contributed by atoms with Crippen molar-refractivity contribution in [1.29, 1.82) is 0 Å². The van der Waals surface area contributed by atoms with E-state index in [1.165, 1.54) is 10.3 Å². The highest BCUT2D eigenvalue weighted by molar-refractivity contribution is 7.22. The summed E-state index contributed by atoms with van der Waals surface area (Å²) in [5, 5.41) is 5.11. The number of anilines is 1. The van der Waals surface area contributed by atoms with Crippen molar-refractivity contribution in [3.8, 4) is 11.3 Å². The van der Waals surface area contributed by atoms with Gasteiger partial charge >= 0.3 is 0 Å². The molecule has 0 aliphatic carbocycles. The Hall–Kier alpha value is -2.73. The van der Waals surface area contributed by atoms with Gasteiger partial charge in [-0.2, -0.15) is 0 Å². The van der Waals surface area contributed by atoms with Crippen molar-refractivity contribution in [2.45, 2.75) is 13.5 Å². The predicted octanol–water partition coefficient (Wildman–Crippen LogP) is 4.29. The fourth-order valence-electron chi connectivity index (χ4n) is 2.53. The van der Waals surface area contributed by atoms with Crippen molar-refractivity contribution in [1.82, 2.24) is 15.1 Å². The molecule has 4 rings (SSSR count). The number of benzene rings is 1. The van der Waals surface area contributed by atoms with Crippen molar-refractivity contribution < 1.29 is 4.52 Å². The third kappa shape index (κ3) is 2.88. The van der Waals surface area contributed by atoms with Crippen LogP contribution in [0.15, 0.2) is 53.3 Å². The number of nitrogens with zero attached hydrogens (tertiary/aromatic N) is 4. The zero-order valence-electron chi connectivity index (χ0n) is 13.4. The van der Waals surface area contributed by atoms with E-state index in [4.69, 9.17) is 4.52 Å². The summed E-state index contributed by atoms with van der Waals surface area (Å²) in [5.41, 5.74) is 4.10. The van der Waals surface area contributed by atoms with Gasteiger partial charge in [-0.3, -0.25) is 4.98 Å². The van der Waals surface area contributed by atoms with E-state index in [1.807, 2.05) is 25.2 Å². The Kier molecular flexibility index (Phi) is 3.74. The van der Waals surface area contributed by atoms with Gasteiger partial charge in [0.1, 0.15) is 5.69 Å². The normalized spacial score (nSPS) is 11.1. The molecule has 0 aliphatic heterocycles. The van der Waals surface area contributed by atoms with Crippen LogP contribution < -0.4 is 4.90 Å². The lowest BCUT2D eigenvalue weighted by Crippen LogP contribution is -2.15. The Morgan fingerprint density at radius 3 is 2.79 bits per heavy atom. The number of thiazole rings is 1. The summed E-state index contributed by atoms with van der Waals surface area (Å²) >= 11 is 1.69. The average Bonchev–Trinajstić information content (AvgIpc) is 3.22. The second-order valence-corrected chi connectivity index (χ2v) is 6.75. The van der Waals surface area contributed by atoms with Gasteiger partial charge in [0.15, 0.2) is 10.9 Å². The number of aromatic nitrogens is 3. The Balaban J connectivity index is 1.55. The standard InChI is InChI=1S/C18H16N4OS/c1-12-3-4-15-17(9-12)24-18(20-15)22(2)11-14-10-16(21-23-14)13-5-7-19-8-6-13/h3-10H,11H2,1-2H3. The molecule has 5 nitrogen and oxygen atoms in total. The van der Waals surface area contributed by atoms with E-state index in [0.717, 1.165) is 27.7 Å². The molecule has 120 valence electrons. The third-order valence-electron chi connectivity index (χ3n) is 3.79. The molecule has 0 spiro atoms. The summed E-state index contributed by atoms with van der Waals surface area (Å²) in [6.07, 6.45) is 3.50. The van der Waals surface area contributed by atoms with Gasteiger partial charge in [-0.15, -0.1) is 0 Å². The zero-order chi connectivity index (χ0) is 16.5. The van der Waals surface area contributed by atoms with E-state index in [0.29, 0.717) is 6.54 Å². The second-order valence-electron chi connectivity index (χ2n) is 5.74. The third-order valence-corrected chi connectivity index (χ3v) is 4.92. The molecule has 0 saturated carbocycles. The molecule has 24 heavy (non-hydrogen) atoms. The first kappa shape index (κ1) is 14.8. The van der Waals surface area contributed by atoms with Crippen molar-refractivity contribution in [3.05, 3.63) is 60.1 Å². The zero-order valence-corrected chi connectivity index (χ0v) is 14.2. The monoisotopic (exact) mass is 336 g/mol. The van der Waals surface area contributed by atoms with Crippen molar-refractivity contribution in [2.75, 3.05) is 11.9 Å². The Morgan fingerprint density at radius 1 is 1.12 bits per heavy atom. The van der Waals surface area contributed by atoms with Crippen LogP contribution in [0.4, 0.5) is 5.13 Å². The maximum absolute atomic E-state index is 5.47. The SMILES string of the molecule is Cc1ccc2nc(N(C)Cc3cc(-c4ccncc4)no3)sc2c1. The van der Waals surface area contributed by atoms with Gasteiger partial charge in [-0.05, 0) is 36.8 Å². The Labute approximate surface area is 143 Å². The van der Waals surface area contributed by atoms with Crippen molar-refractivity contribution >= 4 is 26.7 Å². The molecular formula is C18H16N4OS. The number of fused-ring (bicyclic) bond motifs is 1. The molecule has 0 unspecified atom stereocenters. The van der Waals surface area contributed by atoms with Crippen LogP contribution in [0, 0.1) is 6.92 Å². The summed E-state index contributed by atoms with van der Waals surface area (Å²) in [4.78, 5) is 10.8. The quantitative estimate of drug-likeness (QED) is 0.556. The molecule has 1 aromatic carbocycles. The van der Waals surface area contributed by atoms with Crippen LogP contribution >= 0.6 is 11.3 Å². The molecule has 0 amide bonds. The van der Waals surface area contributed by atoms with Crippen LogP contribution in [0.1, 0.15) is 11.3 Å². The highest BCUT2D eigenvalue weighted by Crippen LogP contribution is 2.30. The van der Waals surface area contributed by atoms with E-state index in [2.05, 4.69) is 45.1 Å². The first-order chi connectivity index (χ1) is 11.7. The number of hydrogen-bond acceptors (Lipinski definition) is 6. The Morgan fingerprint density at radius 2 is 1.96 bits per heavy atom. The van der Waals surface area contributed by atoms with Crippen LogP contribution in [0.2, 0.25) is 0 Å². The number of pyridine rings is 1. The van der Waals surface area contributed by atoms with Gasteiger partial charge in [0, 0.05) is 31.1 Å². The predicted molar refractivity (Wildman–Crippen MR) is 96.2 cm³/mol. The van der Waals surface area contributed by atoms with Crippen molar-refractivity contribution in [3.63, 3.8) is 0 Å².